The summed E-state index contributed by atoms with van der Waals surface area (Å²) in [6, 6.07) is 1.08. The van der Waals surface area contributed by atoms with E-state index in [1.165, 1.54) is 6.07 Å². The average molecular weight is 593 g/mol. The number of nitrogens with zero attached hydrogens (tertiary/aromatic N) is 1. The number of anilines is 1. The first kappa shape index (κ1) is 31.4. The predicted octanol–water partition coefficient (Wildman–Crippen LogP) is 4.54. The van der Waals surface area contributed by atoms with E-state index in [0.29, 0.717) is 58.8 Å². The number of carbonyl (C=O) groups is 4. The summed E-state index contributed by atoms with van der Waals surface area (Å²) >= 11 is 0. The SMILES string of the molecule is CCc1c(NC(=O)CNC2CCCC2)cc(F)c2c1C(=O)C1=C(C)C3C(=N)C(C(=O)C(C)C)C(=O)C(N(C)C)C3CC1C2. The number of Topliss-reactive ketones (excluding diaryl/α,β-unsaturated/α-hetero) is 3. The van der Waals surface area contributed by atoms with Crippen molar-refractivity contribution in [2.24, 2.45) is 29.6 Å². The zero-order valence-electron chi connectivity index (χ0n) is 26.2. The number of rotatable bonds is 8. The summed E-state index contributed by atoms with van der Waals surface area (Å²) < 4.78 is 15.8. The highest BCUT2D eigenvalue weighted by atomic mass is 19.1. The van der Waals surface area contributed by atoms with E-state index in [4.69, 9.17) is 5.41 Å². The molecule has 0 bridgehead atoms. The van der Waals surface area contributed by atoms with E-state index in [2.05, 4.69) is 10.6 Å². The predicted molar refractivity (Wildman–Crippen MR) is 164 cm³/mol. The number of allylic oxidation sites excluding steroid dienone is 2. The monoisotopic (exact) mass is 592 g/mol. The Hall–Kier alpha value is -3.04. The van der Waals surface area contributed by atoms with Gasteiger partial charge in [-0.25, -0.2) is 4.39 Å². The highest BCUT2D eigenvalue weighted by Gasteiger charge is 2.55. The summed E-state index contributed by atoms with van der Waals surface area (Å²) in [6.45, 7) is 7.35. The van der Waals surface area contributed by atoms with Crippen molar-refractivity contribution in [3.63, 3.8) is 0 Å². The van der Waals surface area contributed by atoms with Crippen molar-refractivity contribution in [2.75, 3.05) is 26.0 Å². The molecule has 0 saturated heterocycles. The second-order valence-electron chi connectivity index (χ2n) is 13.5. The molecule has 5 atom stereocenters. The van der Waals surface area contributed by atoms with Crippen LogP contribution in [-0.2, 0) is 27.2 Å². The largest absolute Gasteiger partial charge is 0.325 e. The van der Waals surface area contributed by atoms with Gasteiger partial charge < -0.3 is 16.0 Å². The lowest BCUT2D eigenvalue weighted by atomic mass is 9.56. The van der Waals surface area contributed by atoms with Crippen LogP contribution >= 0.6 is 0 Å². The third-order valence-electron chi connectivity index (χ3n) is 10.3. The van der Waals surface area contributed by atoms with E-state index in [1.54, 1.807) is 13.8 Å². The van der Waals surface area contributed by atoms with Crippen LogP contribution in [0.4, 0.5) is 10.1 Å². The minimum Gasteiger partial charge on any atom is -0.325 e. The van der Waals surface area contributed by atoms with Crippen LogP contribution in [0.25, 0.3) is 0 Å². The molecule has 1 amide bonds. The Morgan fingerprint density at radius 3 is 2.44 bits per heavy atom. The second-order valence-corrected chi connectivity index (χ2v) is 13.5. The normalized spacial score (nSPS) is 27.5. The van der Waals surface area contributed by atoms with Gasteiger partial charge in [-0.15, -0.1) is 0 Å². The van der Waals surface area contributed by atoms with Gasteiger partial charge in [-0.2, -0.15) is 0 Å². The molecule has 0 spiro atoms. The first-order chi connectivity index (χ1) is 20.4. The Balaban J connectivity index is 1.52. The van der Waals surface area contributed by atoms with Crippen LogP contribution in [0.5, 0.6) is 0 Å². The maximum absolute atomic E-state index is 15.8. The topological polar surface area (TPSA) is 119 Å². The zero-order chi connectivity index (χ0) is 31.3. The molecular formula is C34H45FN4O4. The first-order valence-electron chi connectivity index (χ1n) is 15.8. The van der Waals surface area contributed by atoms with Gasteiger partial charge in [-0.3, -0.25) is 24.1 Å². The molecule has 3 N–H and O–H groups in total. The van der Waals surface area contributed by atoms with Gasteiger partial charge in [0.1, 0.15) is 11.7 Å². The molecule has 2 fully saturated rings. The third-order valence-corrected chi connectivity index (χ3v) is 10.3. The molecule has 0 aliphatic heterocycles. The summed E-state index contributed by atoms with van der Waals surface area (Å²) in [4.78, 5) is 55.9. The molecule has 1 aromatic carbocycles. The minimum absolute atomic E-state index is 0.0755. The second kappa shape index (κ2) is 12.2. The lowest BCUT2D eigenvalue weighted by molar-refractivity contribution is -0.137. The summed E-state index contributed by atoms with van der Waals surface area (Å²) in [5.41, 5.74) is 2.96. The van der Waals surface area contributed by atoms with E-state index in [-0.39, 0.29) is 47.3 Å². The lowest BCUT2D eigenvalue weighted by Gasteiger charge is -2.49. The minimum atomic E-state index is -1.13. The van der Waals surface area contributed by atoms with E-state index < -0.39 is 29.6 Å². The number of fused-ring (bicyclic) bond motifs is 3. The fraction of sp³-hybridized carbons (Fsp3) is 0.618. The van der Waals surface area contributed by atoms with Crippen LogP contribution in [0.15, 0.2) is 17.2 Å². The third kappa shape index (κ3) is 5.43. The standard InChI is InChI=1S/C34H45FN4O4/c1-7-20-24(38-25(40)15-37-19-10-8-9-11-19)14-23(35)21-12-18-13-22-27(17(4)26(18)33(42)28(20)21)30(36)29(32(41)16(2)3)34(43)31(22)39(5)6/h14,16,18-19,22,27,29,31,36-37H,7-13,15H2,1-6H3,(H,38,40). The number of halogens is 1. The van der Waals surface area contributed by atoms with Gasteiger partial charge in [0.15, 0.2) is 17.3 Å². The van der Waals surface area contributed by atoms with Crippen LogP contribution < -0.4 is 10.6 Å². The molecule has 0 aromatic heterocycles. The van der Waals surface area contributed by atoms with Crippen molar-refractivity contribution in [1.82, 2.24) is 10.2 Å². The molecule has 8 nitrogen and oxygen atoms in total. The lowest BCUT2D eigenvalue weighted by Crippen LogP contribution is -2.60. The number of amides is 1. The number of likely N-dealkylation sites (N-methyl/N-ethyl adjacent to an activating group) is 1. The van der Waals surface area contributed by atoms with Crippen LogP contribution in [0.2, 0.25) is 0 Å². The van der Waals surface area contributed by atoms with Gasteiger partial charge in [-0.05, 0) is 82.2 Å². The molecule has 5 unspecified atom stereocenters. The van der Waals surface area contributed by atoms with Gasteiger partial charge in [0.25, 0.3) is 0 Å². The van der Waals surface area contributed by atoms with E-state index in [9.17, 15) is 19.2 Å². The summed E-state index contributed by atoms with van der Waals surface area (Å²) in [7, 11) is 3.63. The van der Waals surface area contributed by atoms with E-state index in [1.807, 2.05) is 32.8 Å². The van der Waals surface area contributed by atoms with Gasteiger partial charge in [-0.1, -0.05) is 39.2 Å². The van der Waals surface area contributed by atoms with Crippen molar-refractivity contribution in [1.29, 1.82) is 5.41 Å². The van der Waals surface area contributed by atoms with Crippen molar-refractivity contribution in [3.05, 3.63) is 39.7 Å². The number of nitrogens with one attached hydrogen (secondary N) is 3. The van der Waals surface area contributed by atoms with Crippen LogP contribution in [0, 0.1) is 40.8 Å². The number of ketones is 3. The quantitative estimate of drug-likeness (QED) is 0.382. The molecule has 1 aromatic rings. The van der Waals surface area contributed by atoms with Gasteiger partial charge in [0.2, 0.25) is 5.91 Å². The molecule has 5 rings (SSSR count). The Morgan fingerprint density at radius 1 is 1.16 bits per heavy atom. The van der Waals surface area contributed by atoms with E-state index in [0.717, 1.165) is 25.7 Å². The molecule has 43 heavy (non-hydrogen) atoms. The van der Waals surface area contributed by atoms with E-state index >= 15 is 4.39 Å². The van der Waals surface area contributed by atoms with Gasteiger partial charge in [0.05, 0.1) is 12.6 Å². The highest BCUT2D eigenvalue weighted by molar-refractivity contribution is 6.25. The highest BCUT2D eigenvalue weighted by Crippen LogP contribution is 2.51. The Kier molecular flexibility index (Phi) is 8.87. The number of hydrogen-bond donors (Lipinski definition) is 3. The maximum atomic E-state index is 15.8. The smallest absolute Gasteiger partial charge is 0.238 e. The summed E-state index contributed by atoms with van der Waals surface area (Å²) in [5.74, 6) is -4.20. The van der Waals surface area contributed by atoms with Crippen LogP contribution in [0.1, 0.15) is 81.3 Å². The van der Waals surface area contributed by atoms with Crippen LogP contribution in [-0.4, -0.2) is 66.6 Å². The Morgan fingerprint density at radius 2 is 1.84 bits per heavy atom. The fourth-order valence-corrected chi connectivity index (χ4v) is 8.33. The Labute approximate surface area is 253 Å². The van der Waals surface area contributed by atoms with Gasteiger partial charge in [0, 0.05) is 40.4 Å². The maximum Gasteiger partial charge on any atom is 0.238 e. The number of carbonyl (C=O) groups excluding carboxylic acids is 4. The molecule has 2 saturated carbocycles. The van der Waals surface area contributed by atoms with Crippen molar-refractivity contribution < 1.29 is 23.6 Å². The molecule has 0 heterocycles. The number of benzene rings is 1. The van der Waals surface area contributed by atoms with Gasteiger partial charge >= 0.3 is 0 Å². The Bertz CT molecular complexity index is 1410. The first-order valence-corrected chi connectivity index (χ1v) is 15.8. The molecule has 4 aliphatic rings. The summed E-state index contributed by atoms with van der Waals surface area (Å²) in [5, 5.41) is 15.2. The van der Waals surface area contributed by atoms with Crippen LogP contribution in [0.3, 0.4) is 0 Å². The van der Waals surface area contributed by atoms with Crippen molar-refractivity contribution in [3.8, 4) is 0 Å². The van der Waals surface area contributed by atoms with Crippen molar-refractivity contribution >= 4 is 34.7 Å². The molecule has 0 radical (unpaired) electrons. The molecule has 232 valence electrons. The molecule has 4 aliphatic carbocycles. The fourth-order valence-electron chi connectivity index (χ4n) is 8.33. The zero-order valence-corrected chi connectivity index (χ0v) is 26.2. The molecular weight excluding hydrogens is 547 g/mol. The summed E-state index contributed by atoms with van der Waals surface area (Å²) in [6.07, 6.45) is 5.57. The average Bonchev–Trinajstić information content (AvgIpc) is 3.46. The van der Waals surface area contributed by atoms with Crippen molar-refractivity contribution in [2.45, 2.75) is 84.7 Å². The number of hydrogen-bond acceptors (Lipinski definition) is 7. The molecule has 9 heteroatoms.